The lowest BCUT2D eigenvalue weighted by molar-refractivity contribution is 0.619. The van der Waals surface area contributed by atoms with E-state index in [1.54, 1.807) is 0 Å². The predicted molar refractivity (Wildman–Crippen MR) is 167 cm³/mol. The Morgan fingerprint density at radius 2 is 1.27 bits per heavy atom. The van der Waals surface area contributed by atoms with Gasteiger partial charge in [0, 0.05) is 46.4 Å². The summed E-state index contributed by atoms with van der Waals surface area (Å²) in [4.78, 5) is 19.0. The van der Waals surface area contributed by atoms with Gasteiger partial charge in [-0.15, -0.1) is 0 Å². The number of hydrogen-bond acceptors (Lipinski definition) is 4. The minimum Gasteiger partial charge on any atom is -0.254 e. The fourth-order valence-electron chi connectivity index (χ4n) is 6.52. The van der Waals surface area contributed by atoms with Crippen LogP contribution in [0.4, 0.5) is 0 Å². The Bertz CT molecular complexity index is 2130. The summed E-state index contributed by atoms with van der Waals surface area (Å²) in [6.07, 6.45) is 7.81. The predicted octanol–water partition coefficient (Wildman–Crippen LogP) is 8.61. The lowest BCUT2D eigenvalue weighted by Crippen LogP contribution is -2.18. The van der Waals surface area contributed by atoms with Crippen molar-refractivity contribution < 1.29 is 0 Å². The van der Waals surface area contributed by atoms with Gasteiger partial charge in [-0.2, -0.15) is 0 Å². The van der Waals surface area contributed by atoms with E-state index < -0.39 is 0 Å². The summed E-state index contributed by atoms with van der Waals surface area (Å²) in [6, 6.07) is 36.5. The number of pyridine rings is 2. The van der Waals surface area contributed by atoms with Gasteiger partial charge in [0.2, 0.25) is 0 Å². The van der Waals surface area contributed by atoms with E-state index in [1.807, 2.05) is 30.7 Å². The van der Waals surface area contributed by atoms with E-state index >= 15 is 0 Å². The van der Waals surface area contributed by atoms with Gasteiger partial charge in [-0.3, -0.25) is 4.98 Å². The monoisotopic (exact) mass is 526 g/mol. The van der Waals surface area contributed by atoms with Crippen LogP contribution in [0.15, 0.2) is 128 Å². The second kappa shape index (κ2) is 9.46. The molecule has 0 amide bonds. The van der Waals surface area contributed by atoms with Gasteiger partial charge in [0.15, 0.2) is 5.82 Å². The molecule has 1 aliphatic carbocycles. The lowest BCUT2D eigenvalue weighted by Gasteiger charge is -2.32. The number of allylic oxidation sites excluding steroid dienone is 1. The van der Waals surface area contributed by atoms with E-state index in [0.29, 0.717) is 0 Å². The average Bonchev–Trinajstić information content (AvgIpc) is 3.04. The van der Waals surface area contributed by atoms with Crippen molar-refractivity contribution in [1.29, 1.82) is 0 Å². The van der Waals surface area contributed by atoms with Crippen LogP contribution in [0.25, 0.3) is 49.4 Å². The zero-order chi connectivity index (χ0) is 27.3. The molecule has 1 aliphatic rings. The van der Waals surface area contributed by atoms with Crippen LogP contribution in [-0.2, 0) is 0 Å². The Kier molecular flexibility index (Phi) is 5.46. The van der Waals surface area contributed by atoms with Gasteiger partial charge in [0.05, 0.1) is 16.7 Å². The largest absolute Gasteiger partial charge is 0.254 e. The molecule has 3 heterocycles. The highest BCUT2D eigenvalue weighted by molar-refractivity contribution is 6.05. The van der Waals surface area contributed by atoms with Gasteiger partial charge in [-0.25, -0.2) is 15.0 Å². The third-order valence-electron chi connectivity index (χ3n) is 8.35. The molecule has 0 bridgehead atoms. The first-order valence-electron chi connectivity index (χ1n) is 14.0. The van der Waals surface area contributed by atoms with Crippen molar-refractivity contribution in [2.45, 2.75) is 12.8 Å². The first-order valence-corrected chi connectivity index (χ1v) is 14.0. The summed E-state index contributed by atoms with van der Waals surface area (Å²) in [5, 5.41) is 4.65. The molecule has 4 heteroatoms. The zero-order valence-electron chi connectivity index (χ0n) is 22.6. The Hall–Kier alpha value is -5.22. The number of hydrogen-bond donors (Lipinski definition) is 0. The number of rotatable bonds is 3. The van der Waals surface area contributed by atoms with Crippen LogP contribution in [0.5, 0.6) is 0 Å². The molecule has 0 saturated heterocycles. The summed E-state index contributed by atoms with van der Waals surface area (Å²) in [5.41, 5.74) is 8.89. The molecular formula is C37H26N4. The number of fused-ring (bicyclic) bond motifs is 5. The second-order valence-electron chi connectivity index (χ2n) is 10.7. The van der Waals surface area contributed by atoms with Crippen molar-refractivity contribution in [2.75, 3.05) is 0 Å². The SMILES string of the molecule is CC1C=C(c2ncccn2)c2ccccc2C1c1ccc(-c2ccc3ccc4cccnc4c3n2)c2ccccc12. The van der Waals surface area contributed by atoms with Gasteiger partial charge in [0.1, 0.15) is 0 Å². The van der Waals surface area contributed by atoms with Gasteiger partial charge in [-0.05, 0) is 51.6 Å². The van der Waals surface area contributed by atoms with Crippen LogP contribution in [0.1, 0.15) is 35.4 Å². The first kappa shape index (κ1) is 23.6. The van der Waals surface area contributed by atoms with Crippen molar-refractivity contribution in [3.63, 3.8) is 0 Å². The maximum Gasteiger partial charge on any atom is 0.159 e. The molecule has 0 spiro atoms. The van der Waals surface area contributed by atoms with E-state index in [0.717, 1.165) is 44.5 Å². The third kappa shape index (κ3) is 3.83. The Balaban J connectivity index is 1.30. The van der Waals surface area contributed by atoms with Crippen molar-refractivity contribution >= 4 is 38.2 Å². The van der Waals surface area contributed by atoms with Crippen molar-refractivity contribution in [2.24, 2.45) is 5.92 Å². The summed E-state index contributed by atoms with van der Waals surface area (Å²) < 4.78 is 0. The molecule has 41 heavy (non-hydrogen) atoms. The van der Waals surface area contributed by atoms with Crippen molar-refractivity contribution in [3.8, 4) is 11.3 Å². The van der Waals surface area contributed by atoms with Gasteiger partial charge in [0.25, 0.3) is 0 Å². The summed E-state index contributed by atoms with van der Waals surface area (Å²) in [5.74, 6) is 1.24. The van der Waals surface area contributed by atoms with E-state index in [-0.39, 0.29) is 11.8 Å². The molecular weight excluding hydrogens is 500 g/mol. The average molecular weight is 527 g/mol. The quantitative estimate of drug-likeness (QED) is 0.216. The molecule has 4 nitrogen and oxygen atoms in total. The fraction of sp³-hybridized carbons (Fsp3) is 0.0811. The highest BCUT2D eigenvalue weighted by atomic mass is 14.9. The number of nitrogens with zero attached hydrogens (tertiary/aromatic N) is 4. The lowest BCUT2D eigenvalue weighted by atomic mass is 9.72. The van der Waals surface area contributed by atoms with Crippen LogP contribution >= 0.6 is 0 Å². The molecule has 0 radical (unpaired) electrons. The number of aromatic nitrogens is 4. The fourth-order valence-corrected chi connectivity index (χ4v) is 6.52. The van der Waals surface area contributed by atoms with Gasteiger partial charge in [-0.1, -0.05) is 97.9 Å². The standard InChI is InChI=1S/C37H26N4/c1-23-22-32(37-39-20-7-21-40-37)28-11-4-5-12-30(28)34(23)31-17-16-29(26-9-2-3-10-27(26)31)33-18-15-25-14-13-24-8-6-19-38-35(24)36(25)41-33/h2-23,34H,1H3. The van der Waals surface area contributed by atoms with Crippen LogP contribution in [0.2, 0.25) is 0 Å². The maximum absolute atomic E-state index is 5.17. The second-order valence-corrected chi connectivity index (χ2v) is 10.7. The molecule has 2 unspecified atom stereocenters. The van der Waals surface area contributed by atoms with Crippen molar-refractivity contribution in [3.05, 3.63) is 150 Å². The van der Waals surface area contributed by atoms with Crippen LogP contribution in [0, 0.1) is 5.92 Å². The highest BCUT2D eigenvalue weighted by Gasteiger charge is 2.31. The molecule has 0 fully saturated rings. The van der Waals surface area contributed by atoms with Crippen LogP contribution in [-0.4, -0.2) is 19.9 Å². The molecule has 7 aromatic rings. The summed E-state index contributed by atoms with van der Waals surface area (Å²) in [7, 11) is 0. The van der Waals surface area contributed by atoms with Crippen LogP contribution < -0.4 is 0 Å². The normalized spacial score (nSPS) is 16.6. The zero-order valence-corrected chi connectivity index (χ0v) is 22.6. The first-order chi connectivity index (χ1) is 20.3. The van der Waals surface area contributed by atoms with E-state index in [2.05, 4.69) is 119 Å². The van der Waals surface area contributed by atoms with E-state index in [4.69, 9.17) is 4.98 Å². The maximum atomic E-state index is 5.17. The Morgan fingerprint density at radius 1 is 0.537 bits per heavy atom. The molecule has 2 atom stereocenters. The smallest absolute Gasteiger partial charge is 0.159 e. The van der Waals surface area contributed by atoms with Gasteiger partial charge < -0.3 is 0 Å². The highest BCUT2D eigenvalue weighted by Crippen LogP contribution is 2.46. The molecule has 0 saturated carbocycles. The van der Waals surface area contributed by atoms with E-state index in [1.165, 1.54) is 27.5 Å². The third-order valence-corrected chi connectivity index (χ3v) is 8.35. The Labute approximate surface area is 238 Å². The summed E-state index contributed by atoms with van der Waals surface area (Å²) >= 11 is 0. The van der Waals surface area contributed by atoms with Crippen LogP contribution in [0.3, 0.4) is 0 Å². The molecule has 8 rings (SSSR count). The molecule has 3 aromatic heterocycles. The summed E-state index contributed by atoms with van der Waals surface area (Å²) in [6.45, 7) is 2.30. The minimum absolute atomic E-state index is 0.204. The van der Waals surface area contributed by atoms with Crippen molar-refractivity contribution in [1.82, 2.24) is 19.9 Å². The Morgan fingerprint density at radius 3 is 2.15 bits per heavy atom. The topological polar surface area (TPSA) is 51.6 Å². The molecule has 0 aliphatic heterocycles. The number of benzene rings is 4. The molecule has 4 aromatic carbocycles. The minimum atomic E-state index is 0.204. The molecule has 194 valence electrons. The van der Waals surface area contributed by atoms with E-state index in [9.17, 15) is 0 Å². The van der Waals surface area contributed by atoms with Gasteiger partial charge >= 0.3 is 0 Å². The molecule has 0 N–H and O–H groups in total.